The van der Waals surface area contributed by atoms with Crippen LogP contribution in [0.25, 0.3) is 0 Å². The molecule has 0 radical (unpaired) electrons. The number of nitrogens with one attached hydrogen (secondary N) is 2. The number of rotatable bonds is 6. The van der Waals surface area contributed by atoms with Gasteiger partial charge in [0.25, 0.3) is 0 Å². The summed E-state index contributed by atoms with van der Waals surface area (Å²) >= 11 is 0. The maximum absolute atomic E-state index is 5.21. The second-order valence-corrected chi connectivity index (χ2v) is 6.70. The molecule has 1 aliphatic rings. The van der Waals surface area contributed by atoms with E-state index in [-0.39, 0.29) is 0 Å². The van der Waals surface area contributed by atoms with Crippen LogP contribution in [0.1, 0.15) is 62.5 Å². The van der Waals surface area contributed by atoms with E-state index >= 15 is 0 Å². The summed E-state index contributed by atoms with van der Waals surface area (Å²) < 4.78 is 5.21. The second kappa shape index (κ2) is 8.94. The molecule has 1 heterocycles. The summed E-state index contributed by atoms with van der Waals surface area (Å²) in [5, 5.41) is 11.0. The zero-order valence-electron chi connectivity index (χ0n) is 15.1. The SMILES string of the molecule is CCCC1CCC(NC(=NC)NCCc2c(C)noc2C)CC1. The molecular formula is C18H32N4O. The number of aryl methyl sites for hydroxylation is 2. The maximum Gasteiger partial charge on any atom is 0.191 e. The van der Waals surface area contributed by atoms with Gasteiger partial charge < -0.3 is 15.2 Å². The van der Waals surface area contributed by atoms with Crippen molar-refractivity contribution in [2.75, 3.05) is 13.6 Å². The number of hydrogen-bond acceptors (Lipinski definition) is 3. The summed E-state index contributed by atoms with van der Waals surface area (Å²) in [6.45, 7) is 7.09. The molecule has 0 spiro atoms. The molecule has 0 unspecified atom stereocenters. The summed E-state index contributed by atoms with van der Waals surface area (Å²) in [6.07, 6.45) is 8.82. The molecule has 0 aromatic carbocycles. The minimum Gasteiger partial charge on any atom is -0.361 e. The third kappa shape index (κ3) is 5.26. The van der Waals surface area contributed by atoms with E-state index in [1.54, 1.807) is 0 Å². The topological polar surface area (TPSA) is 62.5 Å². The van der Waals surface area contributed by atoms with Crippen LogP contribution in [0.5, 0.6) is 0 Å². The van der Waals surface area contributed by atoms with Gasteiger partial charge in [0.05, 0.1) is 5.69 Å². The van der Waals surface area contributed by atoms with Gasteiger partial charge >= 0.3 is 0 Å². The van der Waals surface area contributed by atoms with Crippen LogP contribution in [0.4, 0.5) is 0 Å². The molecule has 0 bridgehead atoms. The van der Waals surface area contributed by atoms with Crippen LogP contribution in [-0.2, 0) is 6.42 Å². The molecule has 2 N–H and O–H groups in total. The van der Waals surface area contributed by atoms with E-state index in [2.05, 4.69) is 27.7 Å². The lowest BCUT2D eigenvalue weighted by Gasteiger charge is -2.30. The van der Waals surface area contributed by atoms with E-state index in [1.807, 2.05) is 20.9 Å². The smallest absolute Gasteiger partial charge is 0.191 e. The first-order valence-corrected chi connectivity index (χ1v) is 9.03. The quantitative estimate of drug-likeness (QED) is 0.623. The number of hydrogen-bond donors (Lipinski definition) is 2. The Kier molecular flexibility index (Phi) is 6.93. The van der Waals surface area contributed by atoms with Crippen LogP contribution in [0.15, 0.2) is 9.52 Å². The molecule has 0 atom stereocenters. The van der Waals surface area contributed by atoms with Crippen LogP contribution in [0, 0.1) is 19.8 Å². The molecule has 130 valence electrons. The van der Waals surface area contributed by atoms with Crippen LogP contribution in [0.3, 0.4) is 0 Å². The van der Waals surface area contributed by atoms with Gasteiger partial charge in [0.1, 0.15) is 5.76 Å². The minimum atomic E-state index is 0.563. The fourth-order valence-corrected chi connectivity index (χ4v) is 3.56. The van der Waals surface area contributed by atoms with Crippen LogP contribution >= 0.6 is 0 Å². The Morgan fingerprint density at radius 3 is 2.57 bits per heavy atom. The first kappa shape index (κ1) is 17.8. The molecule has 1 saturated carbocycles. The van der Waals surface area contributed by atoms with Gasteiger partial charge in [-0.05, 0) is 51.9 Å². The molecule has 1 aliphatic carbocycles. The largest absolute Gasteiger partial charge is 0.361 e. The first-order chi connectivity index (χ1) is 11.1. The number of aliphatic imine (C=N–C) groups is 1. The molecule has 1 aromatic rings. The van der Waals surface area contributed by atoms with Crippen molar-refractivity contribution in [2.24, 2.45) is 10.9 Å². The third-order valence-electron chi connectivity index (χ3n) is 4.96. The number of guanidine groups is 1. The summed E-state index contributed by atoms with van der Waals surface area (Å²) in [7, 11) is 1.84. The molecule has 0 saturated heterocycles. The van der Waals surface area contributed by atoms with Crippen molar-refractivity contribution in [2.45, 2.75) is 71.8 Å². The molecule has 0 aliphatic heterocycles. The van der Waals surface area contributed by atoms with Gasteiger partial charge in [-0.25, -0.2) is 0 Å². The van der Waals surface area contributed by atoms with Crippen molar-refractivity contribution < 1.29 is 4.52 Å². The molecule has 23 heavy (non-hydrogen) atoms. The lowest BCUT2D eigenvalue weighted by atomic mass is 9.83. The van der Waals surface area contributed by atoms with E-state index in [0.29, 0.717) is 6.04 Å². The van der Waals surface area contributed by atoms with Crippen LogP contribution in [0.2, 0.25) is 0 Å². The van der Waals surface area contributed by atoms with E-state index in [9.17, 15) is 0 Å². The highest BCUT2D eigenvalue weighted by Gasteiger charge is 2.21. The Morgan fingerprint density at radius 2 is 2.00 bits per heavy atom. The average Bonchev–Trinajstić information content (AvgIpc) is 2.87. The fraction of sp³-hybridized carbons (Fsp3) is 0.778. The Morgan fingerprint density at radius 1 is 1.26 bits per heavy atom. The summed E-state index contributed by atoms with van der Waals surface area (Å²) in [5.41, 5.74) is 2.19. The van der Waals surface area contributed by atoms with Crippen molar-refractivity contribution in [1.29, 1.82) is 0 Å². The van der Waals surface area contributed by atoms with Gasteiger partial charge in [-0.3, -0.25) is 4.99 Å². The second-order valence-electron chi connectivity index (χ2n) is 6.70. The zero-order valence-corrected chi connectivity index (χ0v) is 15.1. The lowest BCUT2D eigenvalue weighted by Crippen LogP contribution is -2.45. The lowest BCUT2D eigenvalue weighted by molar-refractivity contribution is 0.295. The van der Waals surface area contributed by atoms with Crippen molar-refractivity contribution in [3.05, 3.63) is 17.0 Å². The van der Waals surface area contributed by atoms with E-state index < -0.39 is 0 Å². The molecule has 5 nitrogen and oxygen atoms in total. The molecule has 1 aromatic heterocycles. The first-order valence-electron chi connectivity index (χ1n) is 9.03. The van der Waals surface area contributed by atoms with Gasteiger partial charge in [0.15, 0.2) is 5.96 Å². The van der Waals surface area contributed by atoms with E-state index in [1.165, 1.54) is 44.1 Å². The fourth-order valence-electron chi connectivity index (χ4n) is 3.56. The average molecular weight is 320 g/mol. The van der Waals surface area contributed by atoms with Crippen LogP contribution < -0.4 is 10.6 Å². The van der Waals surface area contributed by atoms with Gasteiger partial charge in [-0.2, -0.15) is 0 Å². The van der Waals surface area contributed by atoms with Gasteiger partial charge in [-0.15, -0.1) is 0 Å². The van der Waals surface area contributed by atoms with Crippen molar-refractivity contribution in [1.82, 2.24) is 15.8 Å². The van der Waals surface area contributed by atoms with Crippen molar-refractivity contribution >= 4 is 5.96 Å². The van der Waals surface area contributed by atoms with E-state index in [0.717, 1.165) is 36.3 Å². The standard InChI is InChI=1S/C18H32N4O/c1-5-6-15-7-9-16(10-8-15)21-18(19-4)20-12-11-17-13(2)22-23-14(17)3/h15-16H,5-12H2,1-4H3,(H2,19,20,21). The van der Waals surface area contributed by atoms with Crippen LogP contribution in [-0.4, -0.2) is 30.8 Å². The number of aromatic nitrogens is 1. The van der Waals surface area contributed by atoms with Gasteiger partial charge in [0, 0.05) is 25.2 Å². The predicted molar refractivity (Wildman–Crippen MR) is 94.8 cm³/mol. The highest BCUT2D eigenvalue weighted by atomic mass is 16.5. The predicted octanol–water partition coefficient (Wildman–Crippen LogP) is 3.36. The molecular weight excluding hydrogens is 288 g/mol. The van der Waals surface area contributed by atoms with Gasteiger partial charge in [-0.1, -0.05) is 24.9 Å². The van der Waals surface area contributed by atoms with Crippen molar-refractivity contribution in [3.63, 3.8) is 0 Å². The van der Waals surface area contributed by atoms with Gasteiger partial charge in [0.2, 0.25) is 0 Å². The minimum absolute atomic E-state index is 0.563. The summed E-state index contributed by atoms with van der Waals surface area (Å²) in [4.78, 5) is 4.36. The molecule has 0 amide bonds. The Labute approximate surface area is 140 Å². The zero-order chi connectivity index (χ0) is 16.7. The third-order valence-corrected chi connectivity index (χ3v) is 4.96. The summed E-state index contributed by atoms with van der Waals surface area (Å²) in [5.74, 6) is 2.77. The molecule has 2 rings (SSSR count). The highest BCUT2D eigenvalue weighted by molar-refractivity contribution is 5.79. The number of nitrogens with zero attached hydrogens (tertiary/aromatic N) is 2. The normalized spacial score (nSPS) is 22.2. The Hall–Kier alpha value is -1.52. The highest BCUT2D eigenvalue weighted by Crippen LogP contribution is 2.27. The Bertz CT molecular complexity index is 482. The Balaban J connectivity index is 1.72. The maximum atomic E-state index is 5.21. The molecule has 1 fully saturated rings. The molecule has 5 heteroatoms. The van der Waals surface area contributed by atoms with E-state index in [4.69, 9.17) is 4.52 Å². The summed E-state index contributed by atoms with van der Waals surface area (Å²) in [6, 6.07) is 0.563. The van der Waals surface area contributed by atoms with Crippen molar-refractivity contribution in [3.8, 4) is 0 Å². The monoisotopic (exact) mass is 320 g/mol.